The lowest BCUT2D eigenvalue weighted by molar-refractivity contribution is 0.491. The van der Waals surface area contributed by atoms with Gasteiger partial charge in [0.25, 0.3) is 20.1 Å². The van der Waals surface area contributed by atoms with Gasteiger partial charge in [-0.25, -0.2) is 13.6 Å². The average molecular weight is 252 g/mol. The van der Waals surface area contributed by atoms with E-state index in [1.165, 1.54) is 18.4 Å². The van der Waals surface area contributed by atoms with E-state index in [1.54, 1.807) is 0 Å². The Morgan fingerprint density at radius 3 is 2.27 bits per heavy atom. The van der Waals surface area contributed by atoms with E-state index < -0.39 is 30.1 Å². The standard InChI is InChI=1S/C6H8N2O5S2/c7-14(9,10)6-5(15(11,12)13)3-1-2-4-8-6/h1-4,8H,(H2,7,9,10)(H,11,12,13). The van der Waals surface area contributed by atoms with Crippen LogP contribution in [0.3, 0.4) is 0 Å². The first-order valence-electron chi connectivity index (χ1n) is 3.57. The van der Waals surface area contributed by atoms with Gasteiger partial charge in [-0.2, -0.15) is 8.42 Å². The van der Waals surface area contributed by atoms with Crippen LogP contribution >= 0.6 is 0 Å². The molecule has 84 valence electrons. The smallest absolute Gasteiger partial charge is 0.297 e. The molecule has 0 saturated carbocycles. The Labute approximate surface area is 86.8 Å². The lowest BCUT2D eigenvalue weighted by Crippen LogP contribution is -2.26. The fraction of sp³-hybridized carbons (Fsp3) is 0. The van der Waals surface area contributed by atoms with Crippen molar-refractivity contribution >= 4 is 20.1 Å². The number of rotatable bonds is 2. The number of hydrogen-bond donors (Lipinski definition) is 3. The Balaban J connectivity index is 3.56. The molecule has 1 heterocycles. The van der Waals surface area contributed by atoms with Crippen LogP contribution in [0.5, 0.6) is 0 Å². The van der Waals surface area contributed by atoms with Crippen molar-refractivity contribution in [2.45, 2.75) is 0 Å². The summed E-state index contributed by atoms with van der Waals surface area (Å²) in [5.74, 6) is 0. The minimum Gasteiger partial charge on any atom is -0.350 e. The SMILES string of the molecule is NS(=O)(=O)C1=C(S(=O)(=O)O)C=CC=CN1. The van der Waals surface area contributed by atoms with E-state index in [1.807, 2.05) is 0 Å². The first-order valence-corrected chi connectivity index (χ1v) is 6.56. The molecule has 1 rings (SSSR count). The van der Waals surface area contributed by atoms with E-state index in [2.05, 4.69) is 5.32 Å². The molecule has 0 aromatic rings. The van der Waals surface area contributed by atoms with Gasteiger partial charge in [-0.05, 0) is 12.2 Å². The molecular weight excluding hydrogens is 244 g/mol. The largest absolute Gasteiger partial charge is 0.350 e. The third-order valence-electron chi connectivity index (χ3n) is 1.46. The second-order valence-electron chi connectivity index (χ2n) is 2.58. The van der Waals surface area contributed by atoms with Crippen molar-refractivity contribution in [3.8, 4) is 0 Å². The van der Waals surface area contributed by atoms with Crippen LogP contribution < -0.4 is 10.5 Å². The van der Waals surface area contributed by atoms with Gasteiger partial charge in [0.15, 0.2) is 5.03 Å². The summed E-state index contributed by atoms with van der Waals surface area (Å²) in [5.41, 5.74) is 0. The third kappa shape index (κ3) is 2.89. The molecule has 1 aliphatic heterocycles. The molecule has 0 unspecified atom stereocenters. The highest BCUT2D eigenvalue weighted by Crippen LogP contribution is 2.16. The highest BCUT2D eigenvalue weighted by molar-refractivity contribution is 7.95. The predicted octanol–water partition coefficient (Wildman–Crippen LogP) is -0.995. The van der Waals surface area contributed by atoms with Crippen molar-refractivity contribution in [1.29, 1.82) is 0 Å². The summed E-state index contributed by atoms with van der Waals surface area (Å²) < 4.78 is 52.5. The predicted molar refractivity (Wildman–Crippen MR) is 53.1 cm³/mol. The van der Waals surface area contributed by atoms with Crippen molar-refractivity contribution in [3.63, 3.8) is 0 Å². The van der Waals surface area contributed by atoms with Gasteiger partial charge in [0.1, 0.15) is 4.91 Å². The molecule has 0 amide bonds. The van der Waals surface area contributed by atoms with Crippen molar-refractivity contribution in [3.05, 3.63) is 34.4 Å². The molecule has 9 heteroatoms. The van der Waals surface area contributed by atoms with Gasteiger partial charge >= 0.3 is 0 Å². The van der Waals surface area contributed by atoms with Crippen LogP contribution in [-0.2, 0) is 20.1 Å². The molecule has 0 saturated heterocycles. The second-order valence-corrected chi connectivity index (χ2v) is 5.46. The van der Waals surface area contributed by atoms with E-state index in [-0.39, 0.29) is 0 Å². The molecule has 0 aromatic heterocycles. The molecule has 0 bridgehead atoms. The van der Waals surface area contributed by atoms with Crippen molar-refractivity contribution in [2.75, 3.05) is 0 Å². The van der Waals surface area contributed by atoms with Gasteiger partial charge in [0, 0.05) is 6.20 Å². The van der Waals surface area contributed by atoms with E-state index in [4.69, 9.17) is 9.69 Å². The molecule has 15 heavy (non-hydrogen) atoms. The number of primary sulfonamides is 1. The van der Waals surface area contributed by atoms with Crippen LogP contribution in [0.15, 0.2) is 34.4 Å². The molecule has 0 spiro atoms. The summed E-state index contributed by atoms with van der Waals surface area (Å²) in [6.07, 6.45) is 4.69. The monoisotopic (exact) mass is 252 g/mol. The minimum absolute atomic E-state index is 0.769. The molecule has 1 aliphatic rings. The normalized spacial score (nSPS) is 17.5. The summed E-state index contributed by atoms with van der Waals surface area (Å²) in [6.45, 7) is 0. The first kappa shape index (κ1) is 11.9. The van der Waals surface area contributed by atoms with Crippen molar-refractivity contribution < 1.29 is 21.4 Å². The van der Waals surface area contributed by atoms with Crippen LogP contribution in [0.2, 0.25) is 0 Å². The summed E-state index contributed by atoms with van der Waals surface area (Å²) in [5, 5.41) is 6.17. The fourth-order valence-corrected chi connectivity index (χ4v) is 2.68. The summed E-state index contributed by atoms with van der Waals surface area (Å²) in [4.78, 5) is -0.796. The van der Waals surface area contributed by atoms with Gasteiger partial charge in [-0.1, -0.05) is 6.08 Å². The number of hydrogen-bond acceptors (Lipinski definition) is 5. The van der Waals surface area contributed by atoms with Crippen LogP contribution in [0.4, 0.5) is 0 Å². The maximum Gasteiger partial charge on any atom is 0.297 e. The van der Waals surface area contributed by atoms with E-state index >= 15 is 0 Å². The third-order valence-corrected chi connectivity index (χ3v) is 3.39. The number of nitrogens with one attached hydrogen (secondary N) is 1. The molecule has 0 radical (unpaired) electrons. The first-order chi connectivity index (χ1) is 6.73. The zero-order valence-electron chi connectivity index (χ0n) is 7.28. The van der Waals surface area contributed by atoms with E-state index in [9.17, 15) is 16.8 Å². The quantitative estimate of drug-likeness (QED) is 0.541. The lowest BCUT2D eigenvalue weighted by Gasteiger charge is -2.06. The molecule has 0 aromatic carbocycles. The maximum absolute atomic E-state index is 11.0. The second kappa shape index (κ2) is 3.77. The van der Waals surface area contributed by atoms with Crippen LogP contribution in [0.25, 0.3) is 0 Å². The van der Waals surface area contributed by atoms with Gasteiger partial charge < -0.3 is 5.32 Å². The average Bonchev–Trinajstić information content (AvgIpc) is 2.24. The zero-order chi connectivity index (χ0) is 11.7. The van der Waals surface area contributed by atoms with E-state index in [0.29, 0.717) is 0 Å². The Kier molecular flexibility index (Phi) is 3.00. The molecule has 0 atom stereocenters. The summed E-state index contributed by atoms with van der Waals surface area (Å²) >= 11 is 0. The van der Waals surface area contributed by atoms with Crippen molar-refractivity contribution in [1.82, 2.24) is 5.32 Å². The molecule has 7 nitrogen and oxygen atoms in total. The Morgan fingerprint density at radius 2 is 1.80 bits per heavy atom. The highest BCUT2D eigenvalue weighted by Gasteiger charge is 2.24. The lowest BCUT2D eigenvalue weighted by atomic mass is 10.5. The van der Waals surface area contributed by atoms with Gasteiger partial charge in [0.2, 0.25) is 0 Å². The number of sulfonamides is 1. The summed E-state index contributed by atoms with van der Waals surface area (Å²) in [6, 6.07) is 0. The molecular formula is C6H8N2O5S2. The Morgan fingerprint density at radius 1 is 1.20 bits per heavy atom. The zero-order valence-corrected chi connectivity index (χ0v) is 8.92. The summed E-state index contributed by atoms with van der Waals surface area (Å²) in [7, 11) is -8.91. The molecule has 0 fully saturated rings. The van der Waals surface area contributed by atoms with Gasteiger partial charge in [0.05, 0.1) is 0 Å². The highest BCUT2D eigenvalue weighted by atomic mass is 32.2. The minimum atomic E-state index is -4.65. The number of nitrogens with two attached hydrogens (primary N) is 1. The van der Waals surface area contributed by atoms with Crippen LogP contribution in [-0.4, -0.2) is 21.4 Å². The fourth-order valence-electron chi connectivity index (χ4n) is 0.895. The number of allylic oxidation sites excluding steroid dienone is 3. The molecule has 0 aliphatic carbocycles. The van der Waals surface area contributed by atoms with Crippen molar-refractivity contribution in [2.24, 2.45) is 5.14 Å². The van der Waals surface area contributed by atoms with Crippen LogP contribution in [0.1, 0.15) is 0 Å². The van der Waals surface area contributed by atoms with Gasteiger partial charge in [-0.3, -0.25) is 4.55 Å². The maximum atomic E-state index is 11.0. The topological polar surface area (TPSA) is 127 Å². The van der Waals surface area contributed by atoms with Gasteiger partial charge in [-0.15, -0.1) is 0 Å². The van der Waals surface area contributed by atoms with E-state index in [0.717, 1.165) is 6.08 Å². The van der Waals surface area contributed by atoms with Crippen LogP contribution in [0, 0.1) is 0 Å². The Hall–Kier alpha value is -1.16. The molecule has 4 N–H and O–H groups in total. The Bertz CT molecular complexity index is 552.